The Bertz CT molecular complexity index is 1430. The number of imidazole rings is 1. The highest BCUT2D eigenvalue weighted by atomic mass is 19.1. The number of rotatable bonds is 2. The van der Waals surface area contributed by atoms with Crippen molar-refractivity contribution in [1.82, 2.24) is 24.0 Å². The number of carbonyl (C=O) groups is 1. The predicted octanol–water partition coefficient (Wildman–Crippen LogP) is 4.36. The smallest absolute Gasteiger partial charge is 0.410 e. The zero-order chi connectivity index (χ0) is 25.8. The number of ether oxygens (including phenoxy) is 1. The number of anilines is 1. The van der Waals surface area contributed by atoms with E-state index in [1.165, 1.54) is 23.2 Å². The van der Waals surface area contributed by atoms with E-state index in [0.29, 0.717) is 37.3 Å². The molecule has 190 valence electrons. The Morgan fingerprint density at radius 3 is 2.58 bits per heavy atom. The number of carbonyl (C=O) groups excluding carboxylic acids is 1. The van der Waals surface area contributed by atoms with E-state index >= 15 is 4.39 Å². The summed E-state index contributed by atoms with van der Waals surface area (Å²) in [5.74, 6) is -1.03. The maximum absolute atomic E-state index is 15.2. The van der Waals surface area contributed by atoms with Crippen LogP contribution in [0.3, 0.4) is 0 Å². The average Bonchev–Trinajstić information content (AvgIpc) is 3.19. The van der Waals surface area contributed by atoms with E-state index in [4.69, 9.17) is 4.74 Å². The first kappa shape index (κ1) is 24.0. The Balaban J connectivity index is 1.38. The van der Waals surface area contributed by atoms with Gasteiger partial charge in [0.1, 0.15) is 23.5 Å². The summed E-state index contributed by atoms with van der Waals surface area (Å²) >= 11 is 0. The van der Waals surface area contributed by atoms with Crippen molar-refractivity contribution in [2.24, 2.45) is 0 Å². The number of halogens is 2. The number of hydrogen-bond donors (Lipinski definition) is 0. The lowest BCUT2D eigenvalue weighted by molar-refractivity contribution is 0.0187. The van der Waals surface area contributed by atoms with Gasteiger partial charge in [0.25, 0.3) is 5.56 Å². The lowest BCUT2D eigenvalue weighted by atomic mass is 10.0. The average molecular weight is 499 g/mol. The van der Waals surface area contributed by atoms with Gasteiger partial charge in [-0.2, -0.15) is 0 Å². The van der Waals surface area contributed by atoms with E-state index in [1.807, 2.05) is 20.8 Å². The number of hydrogen-bond acceptors (Lipinski definition) is 6. The molecular weight excluding hydrogens is 470 g/mol. The van der Waals surface area contributed by atoms with Gasteiger partial charge in [-0.25, -0.2) is 23.5 Å². The highest BCUT2D eigenvalue weighted by Gasteiger charge is 2.29. The summed E-state index contributed by atoms with van der Waals surface area (Å²) in [6.45, 7) is 8.31. The summed E-state index contributed by atoms with van der Waals surface area (Å²) < 4.78 is 38.3. The van der Waals surface area contributed by atoms with Crippen LogP contribution in [-0.2, 0) is 11.4 Å². The number of piperidine rings is 1. The fourth-order valence-electron chi connectivity index (χ4n) is 4.68. The first-order valence-electron chi connectivity index (χ1n) is 11.9. The highest BCUT2D eigenvalue weighted by Crippen LogP contribution is 2.30. The molecule has 0 atom stereocenters. The number of fused-ring (bicyclic) bond motifs is 2. The molecule has 4 heterocycles. The Labute approximate surface area is 206 Å². The first-order valence-corrected chi connectivity index (χ1v) is 11.9. The second-order valence-electron chi connectivity index (χ2n) is 10.2. The second kappa shape index (κ2) is 8.72. The maximum atomic E-state index is 15.2. The van der Waals surface area contributed by atoms with Crippen molar-refractivity contribution in [1.29, 1.82) is 0 Å². The van der Waals surface area contributed by atoms with Crippen LogP contribution in [0.2, 0.25) is 0 Å². The van der Waals surface area contributed by atoms with Crippen molar-refractivity contribution < 1.29 is 18.3 Å². The molecule has 3 aromatic rings. The monoisotopic (exact) mass is 498 g/mol. The molecule has 9 nitrogen and oxygen atoms in total. The van der Waals surface area contributed by atoms with Gasteiger partial charge in [0.05, 0.1) is 17.5 Å². The minimum Gasteiger partial charge on any atom is -0.444 e. The summed E-state index contributed by atoms with van der Waals surface area (Å²) in [7, 11) is 0. The van der Waals surface area contributed by atoms with Crippen LogP contribution in [-0.4, -0.2) is 48.8 Å². The summed E-state index contributed by atoms with van der Waals surface area (Å²) in [6.07, 6.45) is 5.07. The van der Waals surface area contributed by atoms with Crippen LogP contribution in [0.5, 0.6) is 0 Å². The Morgan fingerprint density at radius 1 is 1.17 bits per heavy atom. The van der Waals surface area contributed by atoms with Crippen molar-refractivity contribution in [3.63, 3.8) is 0 Å². The minimum atomic E-state index is -0.720. The summed E-state index contributed by atoms with van der Waals surface area (Å²) in [5, 5.41) is -0.114. The van der Waals surface area contributed by atoms with Crippen molar-refractivity contribution in [3.05, 3.63) is 58.5 Å². The third-order valence-electron chi connectivity index (χ3n) is 6.35. The van der Waals surface area contributed by atoms with Gasteiger partial charge in [-0.15, -0.1) is 0 Å². The van der Waals surface area contributed by atoms with Crippen LogP contribution in [0.25, 0.3) is 16.7 Å². The second-order valence-corrected chi connectivity index (χ2v) is 10.2. The minimum absolute atomic E-state index is 0.114. The summed E-state index contributed by atoms with van der Waals surface area (Å²) in [5.41, 5.74) is 0.187. The molecule has 1 aromatic carbocycles. The Hall–Kier alpha value is -3.76. The molecule has 0 N–H and O–H groups in total. The molecular formula is C25H28F2N6O3. The van der Waals surface area contributed by atoms with Crippen LogP contribution < -0.4 is 10.5 Å². The fourth-order valence-corrected chi connectivity index (χ4v) is 4.68. The molecule has 36 heavy (non-hydrogen) atoms. The zero-order valence-corrected chi connectivity index (χ0v) is 20.7. The molecule has 5 rings (SSSR count). The van der Waals surface area contributed by atoms with Crippen molar-refractivity contribution in [2.75, 3.05) is 18.0 Å². The molecule has 2 aliphatic rings. The fraction of sp³-hybridized carbons (Fsp3) is 0.440. The molecule has 0 radical (unpaired) electrons. The standard InChI is InChI=1S/C25H28F2N6O3/c1-15-11-32-14-31(12-19(27)22(32)29-15)17-9-18(26)21-20(10-17)28-13-33(23(21)34)16-5-7-30(8-6-16)24(35)36-25(2,3)4/h9-13,16H,5-8,14H2,1-4H3. The highest BCUT2D eigenvalue weighted by molar-refractivity contribution is 5.83. The number of nitrogens with zero attached hydrogens (tertiary/aromatic N) is 6. The van der Waals surface area contributed by atoms with Crippen molar-refractivity contribution in [3.8, 4) is 0 Å². The van der Waals surface area contributed by atoms with E-state index in [9.17, 15) is 14.0 Å². The molecule has 1 fully saturated rings. The van der Waals surface area contributed by atoms with Gasteiger partial charge >= 0.3 is 6.09 Å². The first-order chi connectivity index (χ1) is 17.0. The zero-order valence-electron chi connectivity index (χ0n) is 20.7. The number of benzene rings is 1. The van der Waals surface area contributed by atoms with Gasteiger partial charge in [-0.05, 0) is 52.7 Å². The Kier molecular flexibility index (Phi) is 5.80. The SMILES string of the molecule is Cc1cn2c(n1)C(F)=CN(c1cc(F)c3c(=O)n(C4CCN(C(=O)OC(C)(C)C)CC4)cnc3c1)C2. The number of amides is 1. The maximum Gasteiger partial charge on any atom is 0.410 e. The van der Waals surface area contributed by atoms with Gasteiger partial charge in [-0.1, -0.05) is 0 Å². The topological polar surface area (TPSA) is 85.5 Å². The molecule has 0 bridgehead atoms. The van der Waals surface area contributed by atoms with Crippen LogP contribution >= 0.6 is 0 Å². The molecule has 1 amide bonds. The van der Waals surface area contributed by atoms with E-state index in [0.717, 1.165) is 0 Å². The van der Waals surface area contributed by atoms with Gasteiger partial charge in [-0.3, -0.25) is 9.36 Å². The van der Waals surface area contributed by atoms with Crippen LogP contribution in [0.15, 0.2) is 35.7 Å². The Morgan fingerprint density at radius 2 is 1.89 bits per heavy atom. The molecule has 2 aromatic heterocycles. The van der Waals surface area contributed by atoms with Crippen molar-refractivity contribution >= 4 is 28.5 Å². The van der Waals surface area contributed by atoms with Crippen molar-refractivity contribution in [2.45, 2.75) is 58.8 Å². The van der Waals surface area contributed by atoms with Gasteiger partial charge in [0.2, 0.25) is 0 Å². The van der Waals surface area contributed by atoms with Crippen LogP contribution in [0.1, 0.15) is 51.2 Å². The molecule has 0 unspecified atom stereocenters. The lowest BCUT2D eigenvalue weighted by Gasteiger charge is -2.34. The predicted molar refractivity (Wildman–Crippen MR) is 131 cm³/mol. The number of likely N-dealkylation sites (tertiary alicyclic amines) is 1. The van der Waals surface area contributed by atoms with Crippen LogP contribution in [0, 0.1) is 12.7 Å². The third-order valence-corrected chi connectivity index (χ3v) is 6.35. The molecule has 0 aliphatic carbocycles. The number of aromatic nitrogens is 4. The summed E-state index contributed by atoms with van der Waals surface area (Å²) in [6, 6.07) is 2.59. The van der Waals surface area contributed by atoms with E-state index < -0.39 is 22.8 Å². The van der Waals surface area contributed by atoms with Gasteiger partial charge < -0.3 is 19.1 Å². The van der Waals surface area contributed by atoms with E-state index in [-0.39, 0.29) is 35.5 Å². The largest absolute Gasteiger partial charge is 0.444 e. The quantitative estimate of drug-likeness (QED) is 0.522. The molecule has 1 saturated heterocycles. The summed E-state index contributed by atoms with van der Waals surface area (Å²) in [4.78, 5) is 37.3. The molecule has 0 saturated carbocycles. The lowest BCUT2D eigenvalue weighted by Crippen LogP contribution is -2.43. The van der Waals surface area contributed by atoms with E-state index in [2.05, 4.69) is 9.97 Å². The molecule has 0 spiro atoms. The van der Waals surface area contributed by atoms with Crippen LogP contribution in [0.4, 0.5) is 19.3 Å². The normalized spacial score (nSPS) is 16.8. The third kappa shape index (κ3) is 4.45. The number of aryl methyl sites for hydroxylation is 1. The van der Waals surface area contributed by atoms with Gasteiger partial charge in [0, 0.05) is 37.2 Å². The molecule has 11 heteroatoms. The van der Waals surface area contributed by atoms with Gasteiger partial charge in [0.15, 0.2) is 11.7 Å². The molecule has 2 aliphatic heterocycles. The van der Waals surface area contributed by atoms with E-state index in [1.54, 1.807) is 33.6 Å².